The first-order valence-electron chi connectivity index (χ1n) is 10.7. The van der Waals surface area contributed by atoms with Crippen LogP contribution in [-0.2, 0) is 4.79 Å². The van der Waals surface area contributed by atoms with E-state index in [0.29, 0.717) is 16.1 Å². The summed E-state index contributed by atoms with van der Waals surface area (Å²) in [6.45, 7) is 1.94. The molecule has 5 aromatic rings. The van der Waals surface area contributed by atoms with E-state index in [4.69, 9.17) is 0 Å². The van der Waals surface area contributed by atoms with E-state index in [-0.39, 0.29) is 17.2 Å². The number of aromatic amines is 1. The summed E-state index contributed by atoms with van der Waals surface area (Å²) in [5.41, 5.74) is 6.55. The Morgan fingerprint density at radius 1 is 1.06 bits per heavy atom. The molecule has 0 fully saturated rings. The van der Waals surface area contributed by atoms with Gasteiger partial charge in [0.2, 0.25) is 0 Å². The highest BCUT2D eigenvalue weighted by Crippen LogP contribution is 2.23. The molecular formula is C26H21N5O2S. The SMILES string of the molecule is Cc1ccccc1-n1c(SCC(=O)N/N=C/c2c[nH]c3ccccc23)nc2ccccc2c1=O. The van der Waals surface area contributed by atoms with Crippen LogP contribution in [-0.4, -0.2) is 32.4 Å². The number of carbonyl (C=O) groups excluding carboxylic acids is 1. The summed E-state index contributed by atoms with van der Waals surface area (Å²) in [5, 5.41) is 6.10. The molecule has 0 aliphatic heterocycles. The van der Waals surface area contributed by atoms with Crippen molar-refractivity contribution < 1.29 is 4.79 Å². The Balaban J connectivity index is 1.38. The molecule has 168 valence electrons. The second-order valence-corrected chi connectivity index (χ2v) is 8.65. The van der Waals surface area contributed by atoms with Gasteiger partial charge in [0.25, 0.3) is 11.5 Å². The van der Waals surface area contributed by atoms with Crippen molar-refractivity contribution in [3.63, 3.8) is 0 Å². The van der Waals surface area contributed by atoms with E-state index in [2.05, 4.69) is 20.5 Å². The van der Waals surface area contributed by atoms with Crippen LogP contribution in [0.3, 0.4) is 0 Å². The zero-order valence-corrected chi connectivity index (χ0v) is 19.2. The summed E-state index contributed by atoms with van der Waals surface area (Å²) in [7, 11) is 0. The normalized spacial score (nSPS) is 11.4. The Bertz CT molecular complexity index is 1600. The van der Waals surface area contributed by atoms with Gasteiger partial charge in [0.1, 0.15) is 0 Å². The quantitative estimate of drug-likeness (QED) is 0.167. The highest BCUT2D eigenvalue weighted by Gasteiger charge is 2.15. The maximum Gasteiger partial charge on any atom is 0.266 e. The first-order valence-corrected chi connectivity index (χ1v) is 11.7. The first-order chi connectivity index (χ1) is 16.6. The molecule has 8 heteroatoms. The third-order valence-electron chi connectivity index (χ3n) is 5.45. The molecule has 0 spiro atoms. The van der Waals surface area contributed by atoms with Gasteiger partial charge < -0.3 is 4.98 Å². The van der Waals surface area contributed by atoms with Gasteiger partial charge in [-0.2, -0.15) is 5.10 Å². The third-order valence-corrected chi connectivity index (χ3v) is 6.39. The number of amides is 1. The van der Waals surface area contributed by atoms with Gasteiger partial charge in [-0.25, -0.2) is 10.4 Å². The molecule has 34 heavy (non-hydrogen) atoms. The summed E-state index contributed by atoms with van der Waals surface area (Å²) >= 11 is 1.20. The number of para-hydroxylation sites is 3. The number of aromatic nitrogens is 3. The number of nitrogens with zero attached hydrogens (tertiary/aromatic N) is 3. The van der Waals surface area contributed by atoms with E-state index in [1.54, 1.807) is 22.9 Å². The number of hydrazone groups is 1. The van der Waals surface area contributed by atoms with Gasteiger partial charge in [-0.05, 0) is 36.8 Å². The zero-order chi connectivity index (χ0) is 23.5. The molecule has 1 amide bonds. The number of fused-ring (bicyclic) bond motifs is 2. The van der Waals surface area contributed by atoms with Crippen LogP contribution < -0.4 is 11.0 Å². The summed E-state index contributed by atoms with van der Waals surface area (Å²) in [4.78, 5) is 33.7. The van der Waals surface area contributed by atoms with E-state index < -0.39 is 0 Å². The number of hydrogen-bond donors (Lipinski definition) is 2. The van der Waals surface area contributed by atoms with Crippen LogP contribution in [0.2, 0.25) is 0 Å². The molecule has 7 nitrogen and oxygen atoms in total. The number of nitrogens with one attached hydrogen (secondary N) is 2. The second-order valence-electron chi connectivity index (χ2n) is 7.71. The van der Waals surface area contributed by atoms with Crippen molar-refractivity contribution >= 4 is 45.7 Å². The smallest absolute Gasteiger partial charge is 0.266 e. The monoisotopic (exact) mass is 467 g/mol. The molecule has 0 unspecified atom stereocenters. The van der Waals surface area contributed by atoms with Gasteiger partial charge in [-0.1, -0.05) is 60.3 Å². The maximum atomic E-state index is 13.3. The highest BCUT2D eigenvalue weighted by molar-refractivity contribution is 7.99. The van der Waals surface area contributed by atoms with Gasteiger partial charge in [0.15, 0.2) is 5.16 Å². The van der Waals surface area contributed by atoms with Gasteiger partial charge >= 0.3 is 0 Å². The Labute approximate surface area is 199 Å². The van der Waals surface area contributed by atoms with Crippen LogP contribution in [0.5, 0.6) is 0 Å². The number of thioether (sulfide) groups is 1. The minimum Gasteiger partial charge on any atom is -0.361 e. The van der Waals surface area contributed by atoms with Crippen LogP contribution in [0.15, 0.2) is 94.0 Å². The van der Waals surface area contributed by atoms with Crippen molar-refractivity contribution in [2.75, 3.05) is 5.75 Å². The minimum atomic E-state index is -0.292. The molecule has 0 atom stereocenters. The van der Waals surface area contributed by atoms with Crippen LogP contribution in [0.25, 0.3) is 27.5 Å². The molecule has 0 bridgehead atoms. The molecule has 5 rings (SSSR count). The van der Waals surface area contributed by atoms with E-state index in [1.807, 2.05) is 73.8 Å². The fourth-order valence-electron chi connectivity index (χ4n) is 3.77. The average molecular weight is 468 g/mol. The van der Waals surface area contributed by atoms with Gasteiger partial charge in [-0.3, -0.25) is 14.2 Å². The van der Waals surface area contributed by atoms with Crippen molar-refractivity contribution in [3.05, 3.63) is 100 Å². The molecule has 0 saturated carbocycles. The molecule has 2 heterocycles. The summed E-state index contributed by atoms with van der Waals surface area (Å²) < 4.78 is 1.57. The van der Waals surface area contributed by atoms with E-state index >= 15 is 0 Å². The fourth-order valence-corrected chi connectivity index (χ4v) is 4.57. The fraction of sp³-hybridized carbons (Fsp3) is 0.0769. The van der Waals surface area contributed by atoms with Crippen LogP contribution in [0, 0.1) is 6.92 Å². The van der Waals surface area contributed by atoms with Gasteiger partial charge in [-0.15, -0.1) is 0 Å². The van der Waals surface area contributed by atoms with Crippen molar-refractivity contribution in [1.29, 1.82) is 0 Å². The first kappa shape index (κ1) is 21.7. The lowest BCUT2D eigenvalue weighted by Gasteiger charge is -2.14. The molecular weight excluding hydrogens is 446 g/mol. The van der Waals surface area contributed by atoms with E-state index in [0.717, 1.165) is 27.7 Å². The Morgan fingerprint density at radius 2 is 1.79 bits per heavy atom. The number of benzene rings is 3. The van der Waals surface area contributed by atoms with Crippen molar-refractivity contribution in [2.45, 2.75) is 12.1 Å². The van der Waals surface area contributed by atoms with Gasteiger partial charge in [0.05, 0.1) is 28.6 Å². The zero-order valence-electron chi connectivity index (χ0n) is 18.4. The lowest BCUT2D eigenvalue weighted by Crippen LogP contribution is -2.24. The lowest BCUT2D eigenvalue weighted by molar-refractivity contribution is -0.118. The largest absolute Gasteiger partial charge is 0.361 e. The van der Waals surface area contributed by atoms with E-state index in [1.165, 1.54) is 11.8 Å². The summed E-state index contributed by atoms with van der Waals surface area (Å²) in [5.74, 6) is -0.234. The van der Waals surface area contributed by atoms with Gasteiger partial charge in [0, 0.05) is 22.7 Å². The van der Waals surface area contributed by atoms with Crippen LogP contribution in [0.1, 0.15) is 11.1 Å². The van der Waals surface area contributed by atoms with Crippen molar-refractivity contribution in [3.8, 4) is 5.69 Å². The summed E-state index contributed by atoms with van der Waals surface area (Å²) in [6.07, 6.45) is 3.45. The van der Waals surface area contributed by atoms with Crippen LogP contribution in [0.4, 0.5) is 0 Å². The number of carbonyl (C=O) groups is 1. The minimum absolute atomic E-state index is 0.0574. The summed E-state index contributed by atoms with van der Waals surface area (Å²) in [6, 6.07) is 22.7. The second kappa shape index (κ2) is 9.36. The predicted octanol–water partition coefficient (Wildman–Crippen LogP) is 4.42. The molecule has 2 N–H and O–H groups in total. The van der Waals surface area contributed by atoms with Crippen molar-refractivity contribution in [1.82, 2.24) is 20.0 Å². The number of rotatable bonds is 6. The van der Waals surface area contributed by atoms with E-state index in [9.17, 15) is 9.59 Å². The highest BCUT2D eigenvalue weighted by atomic mass is 32.2. The predicted molar refractivity (Wildman–Crippen MR) is 137 cm³/mol. The van der Waals surface area contributed by atoms with Crippen LogP contribution >= 0.6 is 11.8 Å². The topological polar surface area (TPSA) is 92.1 Å². The molecule has 2 aromatic heterocycles. The third kappa shape index (κ3) is 4.23. The standard InChI is InChI=1S/C26H21N5O2S/c1-17-8-2-7-13-23(17)31-25(33)20-10-4-6-12-22(20)29-26(31)34-16-24(32)30-28-15-18-14-27-21-11-5-3-9-19(18)21/h2-15,27H,16H2,1H3,(H,30,32)/b28-15+. The lowest BCUT2D eigenvalue weighted by atomic mass is 10.2. The average Bonchev–Trinajstić information content (AvgIpc) is 3.27. The molecule has 0 saturated heterocycles. The Hall–Kier alpha value is -4.17. The number of hydrogen-bond acceptors (Lipinski definition) is 5. The molecule has 0 radical (unpaired) electrons. The number of aryl methyl sites for hydroxylation is 1. The van der Waals surface area contributed by atoms with Crippen molar-refractivity contribution in [2.24, 2.45) is 5.10 Å². The molecule has 3 aromatic carbocycles. The number of H-pyrrole nitrogens is 1. The Morgan fingerprint density at radius 3 is 2.65 bits per heavy atom. The maximum absolute atomic E-state index is 13.3. The molecule has 0 aliphatic rings. The molecule has 0 aliphatic carbocycles. The Kier molecular flexibility index (Phi) is 5.97.